The van der Waals surface area contributed by atoms with Crippen LogP contribution in [-0.2, 0) is 19.1 Å². The molecule has 0 atom stereocenters. The highest BCUT2D eigenvalue weighted by Gasteiger charge is 2.11. The summed E-state index contributed by atoms with van der Waals surface area (Å²) in [5.41, 5.74) is 1.34. The summed E-state index contributed by atoms with van der Waals surface area (Å²) in [7, 11) is 0. The predicted molar refractivity (Wildman–Crippen MR) is 82.1 cm³/mol. The molecule has 0 unspecified atom stereocenters. The Morgan fingerprint density at radius 3 is 2.18 bits per heavy atom. The summed E-state index contributed by atoms with van der Waals surface area (Å²) in [4.78, 5) is 33.9. The van der Waals surface area contributed by atoms with Crippen LogP contribution in [0.2, 0.25) is 0 Å². The van der Waals surface area contributed by atoms with Crippen LogP contribution >= 0.6 is 0 Å². The zero-order valence-corrected chi connectivity index (χ0v) is 12.7. The van der Waals surface area contributed by atoms with Crippen molar-refractivity contribution in [3.05, 3.63) is 23.8 Å². The molecule has 0 aliphatic carbocycles. The van der Waals surface area contributed by atoms with Gasteiger partial charge in [-0.2, -0.15) is 0 Å². The number of hydrogen-bond donors (Lipinski definition) is 2. The lowest BCUT2D eigenvalue weighted by atomic mass is 10.1. The van der Waals surface area contributed by atoms with Gasteiger partial charge in [-0.15, -0.1) is 0 Å². The number of esters is 2. The Kier molecular flexibility index (Phi) is 7.45. The lowest BCUT2D eigenvalue weighted by molar-refractivity contribution is -0.141. The van der Waals surface area contributed by atoms with E-state index in [2.05, 4.69) is 10.6 Å². The minimum atomic E-state index is -0.431. The maximum atomic E-state index is 11.4. The van der Waals surface area contributed by atoms with Gasteiger partial charge in [-0.3, -0.25) is 14.4 Å². The molecule has 0 bridgehead atoms. The minimum absolute atomic E-state index is 0.0375. The van der Waals surface area contributed by atoms with E-state index in [-0.39, 0.29) is 19.7 Å². The number of aldehydes is 1. The molecule has 0 heterocycles. The number of hydrogen-bond acceptors (Lipinski definition) is 7. The zero-order valence-electron chi connectivity index (χ0n) is 12.7. The Labute approximate surface area is 129 Å². The summed E-state index contributed by atoms with van der Waals surface area (Å²) in [6.45, 7) is 3.89. The van der Waals surface area contributed by atoms with Crippen LogP contribution < -0.4 is 10.6 Å². The van der Waals surface area contributed by atoms with Gasteiger partial charge in [-0.25, -0.2) is 0 Å². The van der Waals surface area contributed by atoms with Crippen LogP contribution in [-0.4, -0.2) is 44.5 Å². The molecule has 120 valence electrons. The first-order valence-electron chi connectivity index (χ1n) is 6.99. The lowest BCUT2D eigenvalue weighted by Gasteiger charge is -2.15. The standard InChI is InChI=1S/C15H20N2O5/c1-3-21-13(19)8-16-12-7-5-6-11(10-18)15(12)17-9-14(20)22-4-2/h5-7,10,16-17H,3-4,8-9H2,1-2H3. The smallest absolute Gasteiger partial charge is 0.325 e. The van der Waals surface area contributed by atoms with Gasteiger partial charge >= 0.3 is 11.9 Å². The third-order valence-corrected chi connectivity index (χ3v) is 2.67. The minimum Gasteiger partial charge on any atom is -0.465 e. The van der Waals surface area contributed by atoms with Gasteiger partial charge in [0.2, 0.25) is 0 Å². The Bertz CT molecular complexity index is 531. The van der Waals surface area contributed by atoms with E-state index in [1.54, 1.807) is 32.0 Å². The van der Waals surface area contributed by atoms with E-state index in [4.69, 9.17) is 9.47 Å². The molecular weight excluding hydrogens is 288 g/mol. The van der Waals surface area contributed by atoms with E-state index in [1.165, 1.54) is 0 Å². The van der Waals surface area contributed by atoms with Crippen LogP contribution in [0.1, 0.15) is 24.2 Å². The number of anilines is 2. The number of benzene rings is 1. The first-order chi connectivity index (χ1) is 10.6. The van der Waals surface area contributed by atoms with Crippen LogP contribution in [0.4, 0.5) is 11.4 Å². The molecular formula is C15H20N2O5. The van der Waals surface area contributed by atoms with Gasteiger partial charge in [-0.1, -0.05) is 6.07 Å². The number of ether oxygens (including phenoxy) is 2. The number of para-hydroxylation sites is 1. The lowest BCUT2D eigenvalue weighted by Crippen LogP contribution is -2.20. The number of carbonyl (C=O) groups excluding carboxylic acids is 3. The maximum absolute atomic E-state index is 11.4. The highest BCUT2D eigenvalue weighted by atomic mass is 16.5. The Morgan fingerprint density at radius 2 is 1.64 bits per heavy atom. The van der Waals surface area contributed by atoms with E-state index in [1.807, 2.05) is 0 Å². The van der Waals surface area contributed by atoms with Crippen molar-refractivity contribution in [1.29, 1.82) is 0 Å². The Hall–Kier alpha value is -2.57. The van der Waals surface area contributed by atoms with Crippen molar-refractivity contribution in [1.82, 2.24) is 0 Å². The molecule has 0 fully saturated rings. The molecule has 22 heavy (non-hydrogen) atoms. The fraction of sp³-hybridized carbons (Fsp3) is 0.400. The fourth-order valence-electron chi connectivity index (χ4n) is 1.76. The second-order valence-corrected chi connectivity index (χ2v) is 4.20. The van der Waals surface area contributed by atoms with Crippen molar-refractivity contribution in [3.8, 4) is 0 Å². The first-order valence-corrected chi connectivity index (χ1v) is 6.99. The molecule has 0 saturated carbocycles. The van der Waals surface area contributed by atoms with Crippen molar-refractivity contribution >= 4 is 29.6 Å². The van der Waals surface area contributed by atoms with Gasteiger partial charge in [0.25, 0.3) is 0 Å². The first kappa shape index (κ1) is 17.5. The molecule has 1 rings (SSSR count). The molecule has 1 aromatic rings. The summed E-state index contributed by atoms with van der Waals surface area (Å²) in [5, 5.41) is 5.73. The SMILES string of the molecule is CCOC(=O)CNc1cccc(C=O)c1NCC(=O)OCC. The molecule has 0 spiro atoms. The molecule has 1 aromatic carbocycles. The number of nitrogens with one attached hydrogen (secondary N) is 2. The second kappa shape index (κ2) is 9.38. The van der Waals surface area contributed by atoms with Crippen LogP contribution in [0.25, 0.3) is 0 Å². The van der Waals surface area contributed by atoms with E-state index in [0.717, 1.165) is 0 Å². The molecule has 0 aliphatic rings. The molecule has 0 aromatic heterocycles. The maximum Gasteiger partial charge on any atom is 0.325 e. The van der Waals surface area contributed by atoms with Gasteiger partial charge in [-0.05, 0) is 26.0 Å². The van der Waals surface area contributed by atoms with E-state index < -0.39 is 11.9 Å². The molecule has 2 N–H and O–H groups in total. The largest absolute Gasteiger partial charge is 0.465 e. The van der Waals surface area contributed by atoms with Crippen molar-refractivity contribution in [2.45, 2.75) is 13.8 Å². The van der Waals surface area contributed by atoms with Gasteiger partial charge in [0, 0.05) is 5.56 Å². The summed E-state index contributed by atoms with van der Waals surface area (Å²) in [6.07, 6.45) is 0.670. The number of rotatable bonds is 9. The van der Waals surface area contributed by atoms with Crippen LogP contribution in [0.15, 0.2) is 18.2 Å². The highest BCUT2D eigenvalue weighted by molar-refractivity contribution is 5.92. The van der Waals surface area contributed by atoms with Crippen LogP contribution in [0, 0.1) is 0 Å². The Balaban J connectivity index is 2.80. The normalized spacial score (nSPS) is 9.73. The molecule has 0 amide bonds. The topological polar surface area (TPSA) is 93.7 Å². The summed E-state index contributed by atoms with van der Waals surface area (Å²) >= 11 is 0. The van der Waals surface area contributed by atoms with Gasteiger partial charge in [0.15, 0.2) is 6.29 Å². The third kappa shape index (κ3) is 5.43. The molecule has 0 radical (unpaired) electrons. The zero-order chi connectivity index (χ0) is 16.4. The average Bonchev–Trinajstić information content (AvgIpc) is 2.51. The van der Waals surface area contributed by atoms with Crippen molar-refractivity contribution in [2.24, 2.45) is 0 Å². The van der Waals surface area contributed by atoms with Gasteiger partial charge in [0.05, 0.1) is 24.6 Å². The third-order valence-electron chi connectivity index (χ3n) is 2.67. The summed E-state index contributed by atoms with van der Waals surface area (Å²) < 4.78 is 9.65. The van der Waals surface area contributed by atoms with E-state index in [9.17, 15) is 14.4 Å². The number of carbonyl (C=O) groups is 3. The van der Waals surface area contributed by atoms with Crippen molar-refractivity contribution in [2.75, 3.05) is 36.9 Å². The van der Waals surface area contributed by atoms with Crippen LogP contribution in [0.3, 0.4) is 0 Å². The average molecular weight is 308 g/mol. The van der Waals surface area contributed by atoms with Crippen LogP contribution in [0.5, 0.6) is 0 Å². The monoisotopic (exact) mass is 308 g/mol. The van der Waals surface area contributed by atoms with Crippen molar-refractivity contribution < 1.29 is 23.9 Å². The molecule has 7 heteroatoms. The predicted octanol–water partition coefficient (Wildman–Crippen LogP) is 1.45. The summed E-state index contributed by atoms with van der Waals surface area (Å²) in [6, 6.07) is 4.97. The second-order valence-electron chi connectivity index (χ2n) is 4.20. The van der Waals surface area contributed by atoms with E-state index >= 15 is 0 Å². The highest BCUT2D eigenvalue weighted by Crippen LogP contribution is 2.25. The van der Waals surface area contributed by atoms with Gasteiger partial charge in [0.1, 0.15) is 13.1 Å². The van der Waals surface area contributed by atoms with E-state index in [0.29, 0.717) is 29.8 Å². The van der Waals surface area contributed by atoms with Crippen molar-refractivity contribution in [3.63, 3.8) is 0 Å². The van der Waals surface area contributed by atoms with Gasteiger partial charge < -0.3 is 20.1 Å². The Morgan fingerprint density at radius 1 is 1.05 bits per heavy atom. The summed E-state index contributed by atoms with van der Waals surface area (Å²) in [5.74, 6) is -0.838. The molecule has 0 aliphatic heterocycles. The quantitative estimate of drug-likeness (QED) is 0.526. The molecule has 7 nitrogen and oxygen atoms in total. The fourth-order valence-corrected chi connectivity index (χ4v) is 1.76. The molecule has 0 saturated heterocycles.